The molecule has 142 valence electrons. The molecule has 1 aromatic carbocycles. The smallest absolute Gasteiger partial charge is 0.271 e. The summed E-state index contributed by atoms with van der Waals surface area (Å²) in [4.78, 5) is 33.8. The van der Waals surface area contributed by atoms with Crippen molar-refractivity contribution in [1.29, 1.82) is 0 Å². The molecule has 2 heterocycles. The summed E-state index contributed by atoms with van der Waals surface area (Å²) in [5, 5.41) is 23.3. The van der Waals surface area contributed by atoms with Gasteiger partial charge in [-0.3, -0.25) is 14.9 Å². The lowest BCUT2D eigenvalue weighted by Crippen LogP contribution is -2.39. The number of nitro benzene ring substituents is 1. The first-order valence-corrected chi connectivity index (χ1v) is 8.69. The van der Waals surface area contributed by atoms with Crippen LogP contribution in [0.5, 0.6) is 5.75 Å². The molecule has 1 aliphatic heterocycles. The first kappa shape index (κ1) is 18.6. The van der Waals surface area contributed by atoms with Gasteiger partial charge in [-0.1, -0.05) is 0 Å². The SMILES string of the molecule is Cc1cc(C)nc(N2CCC(C(=O)Nc3cc([N+](=O)[O-])ccc3O)CC2)n1. The Bertz CT molecular complexity index is 858. The molecule has 27 heavy (non-hydrogen) atoms. The minimum Gasteiger partial charge on any atom is -0.506 e. The number of hydrogen-bond donors (Lipinski definition) is 2. The van der Waals surface area contributed by atoms with Crippen LogP contribution in [-0.2, 0) is 4.79 Å². The van der Waals surface area contributed by atoms with E-state index in [1.54, 1.807) is 0 Å². The lowest BCUT2D eigenvalue weighted by Gasteiger charge is -2.31. The summed E-state index contributed by atoms with van der Waals surface area (Å²) >= 11 is 0. The average Bonchev–Trinajstić information content (AvgIpc) is 2.62. The standard InChI is InChI=1S/C18H21N5O4/c1-11-9-12(2)20-18(19-11)22-7-5-13(6-8-22)17(25)21-15-10-14(23(26)27)3-4-16(15)24/h3-4,9-10,13,24H,5-8H2,1-2H3,(H,21,25). The molecule has 3 rings (SSSR count). The van der Waals surface area contributed by atoms with E-state index in [1.807, 2.05) is 19.9 Å². The van der Waals surface area contributed by atoms with Gasteiger partial charge >= 0.3 is 0 Å². The molecule has 9 heteroatoms. The Labute approximate surface area is 156 Å². The zero-order valence-corrected chi connectivity index (χ0v) is 15.2. The molecule has 0 saturated carbocycles. The third-order valence-corrected chi connectivity index (χ3v) is 4.57. The van der Waals surface area contributed by atoms with Crippen LogP contribution >= 0.6 is 0 Å². The van der Waals surface area contributed by atoms with Crippen molar-refractivity contribution in [2.45, 2.75) is 26.7 Å². The fourth-order valence-corrected chi connectivity index (χ4v) is 3.16. The Morgan fingerprint density at radius 2 is 1.85 bits per heavy atom. The molecule has 0 spiro atoms. The summed E-state index contributed by atoms with van der Waals surface area (Å²) in [6, 6.07) is 5.46. The molecule has 1 aromatic heterocycles. The van der Waals surface area contributed by atoms with Crippen molar-refractivity contribution in [3.63, 3.8) is 0 Å². The van der Waals surface area contributed by atoms with Gasteiger partial charge in [-0.25, -0.2) is 9.97 Å². The number of carbonyl (C=O) groups is 1. The minimum absolute atomic E-state index is 0.0503. The second-order valence-electron chi connectivity index (χ2n) is 6.66. The predicted molar refractivity (Wildman–Crippen MR) is 99.8 cm³/mol. The molecule has 1 saturated heterocycles. The number of benzene rings is 1. The minimum atomic E-state index is -0.572. The first-order chi connectivity index (χ1) is 12.8. The predicted octanol–water partition coefficient (Wildman–Crippen LogP) is 2.56. The molecular formula is C18H21N5O4. The number of aromatic hydroxyl groups is 1. The van der Waals surface area contributed by atoms with Crippen molar-refractivity contribution < 1.29 is 14.8 Å². The van der Waals surface area contributed by atoms with Gasteiger partial charge in [-0.15, -0.1) is 0 Å². The largest absolute Gasteiger partial charge is 0.506 e. The summed E-state index contributed by atoms with van der Waals surface area (Å²) in [7, 11) is 0. The van der Waals surface area contributed by atoms with Gasteiger partial charge in [0.25, 0.3) is 5.69 Å². The van der Waals surface area contributed by atoms with Crippen LogP contribution in [0.25, 0.3) is 0 Å². The van der Waals surface area contributed by atoms with Crippen LogP contribution in [0.2, 0.25) is 0 Å². The molecule has 9 nitrogen and oxygen atoms in total. The molecule has 0 atom stereocenters. The van der Waals surface area contributed by atoms with Gasteiger partial charge in [0.1, 0.15) is 5.75 Å². The van der Waals surface area contributed by atoms with Gasteiger partial charge < -0.3 is 15.3 Å². The highest BCUT2D eigenvalue weighted by molar-refractivity contribution is 5.94. The van der Waals surface area contributed by atoms with Crippen molar-refractivity contribution >= 4 is 23.2 Å². The van der Waals surface area contributed by atoms with Crippen molar-refractivity contribution in [1.82, 2.24) is 9.97 Å². The van der Waals surface area contributed by atoms with Crippen LogP contribution in [0, 0.1) is 29.9 Å². The second-order valence-corrected chi connectivity index (χ2v) is 6.66. The van der Waals surface area contributed by atoms with Crippen molar-refractivity contribution in [3.05, 3.63) is 45.8 Å². The normalized spacial score (nSPS) is 14.8. The number of amides is 1. The number of anilines is 2. The lowest BCUT2D eigenvalue weighted by molar-refractivity contribution is -0.384. The molecule has 1 amide bonds. The Morgan fingerprint density at radius 3 is 2.44 bits per heavy atom. The van der Waals surface area contributed by atoms with E-state index in [4.69, 9.17) is 0 Å². The number of nitro groups is 1. The summed E-state index contributed by atoms with van der Waals surface area (Å²) < 4.78 is 0. The highest BCUT2D eigenvalue weighted by Crippen LogP contribution is 2.29. The Balaban J connectivity index is 1.63. The third-order valence-electron chi connectivity index (χ3n) is 4.57. The van der Waals surface area contributed by atoms with Gasteiger partial charge in [0.2, 0.25) is 11.9 Å². The van der Waals surface area contributed by atoms with Crippen LogP contribution < -0.4 is 10.2 Å². The van der Waals surface area contributed by atoms with E-state index < -0.39 is 4.92 Å². The quantitative estimate of drug-likeness (QED) is 0.481. The maximum absolute atomic E-state index is 12.5. The number of phenols is 1. The fraction of sp³-hybridized carbons (Fsp3) is 0.389. The molecule has 2 N–H and O–H groups in total. The highest BCUT2D eigenvalue weighted by Gasteiger charge is 2.27. The van der Waals surface area contributed by atoms with Gasteiger partial charge in [0.05, 0.1) is 10.6 Å². The maximum Gasteiger partial charge on any atom is 0.271 e. The number of non-ortho nitro benzene ring substituents is 1. The molecule has 0 unspecified atom stereocenters. The molecule has 1 fully saturated rings. The number of carbonyl (C=O) groups excluding carboxylic acids is 1. The Morgan fingerprint density at radius 1 is 1.22 bits per heavy atom. The summed E-state index contributed by atoms with van der Waals surface area (Å²) in [5.74, 6) is -0.0321. The number of nitrogens with zero attached hydrogens (tertiary/aromatic N) is 4. The van der Waals surface area contributed by atoms with E-state index in [0.29, 0.717) is 31.9 Å². The number of hydrogen-bond acceptors (Lipinski definition) is 7. The van der Waals surface area contributed by atoms with Gasteiger partial charge in [0, 0.05) is 42.5 Å². The van der Waals surface area contributed by atoms with Crippen LogP contribution in [0.15, 0.2) is 24.3 Å². The van der Waals surface area contributed by atoms with E-state index in [-0.39, 0.29) is 28.9 Å². The zero-order chi connectivity index (χ0) is 19.6. The van der Waals surface area contributed by atoms with Gasteiger partial charge in [0.15, 0.2) is 0 Å². The number of phenolic OH excluding ortho intramolecular Hbond substituents is 1. The van der Waals surface area contributed by atoms with Crippen LogP contribution in [0.4, 0.5) is 17.3 Å². The Hall–Kier alpha value is -3.23. The average molecular weight is 371 g/mol. The topological polar surface area (TPSA) is 121 Å². The molecule has 1 aliphatic rings. The van der Waals surface area contributed by atoms with Crippen molar-refractivity contribution in [2.75, 3.05) is 23.3 Å². The first-order valence-electron chi connectivity index (χ1n) is 8.69. The zero-order valence-electron chi connectivity index (χ0n) is 15.2. The summed E-state index contributed by atoms with van der Waals surface area (Å²) in [6.07, 6.45) is 1.22. The van der Waals surface area contributed by atoms with Crippen molar-refractivity contribution in [2.24, 2.45) is 5.92 Å². The van der Waals surface area contributed by atoms with Gasteiger partial charge in [-0.05, 0) is 38.8 Å². The fourth-order valence-electron chi connectivity index (χ4n) is 3.16. The van der Waals surface area contributed by atoms with E-state index >= 15 is 0 Å². The Kier molecular flexibility index (Phi) is 5.20. The summed E-state index contributed by atoms with van der Waals surface area (Å²) in [6.45, 7) is 5.12. The third kappa shape index (κ3) is 4.30. The molecule has 2 aromatic rings. The van der Waals surface area contributed by atoms with E-state index in [2.05, 4.69) is 20.2 Å². The maximum atomic E-state index is 12.5. The highest BCUT2D eigenvalue weighted by atomic mass is 16.6. The number of aryl methyl sites for hydroxylation is 2. The van der Waals surface area contributed by atoms with Gasteiger partial charge in [-0.2, -0.15) is 0 Å². The molecule has 0 bridgehead atoms. The second kappa shape index (κ2) is 7.56. The lowest BCUT2D eigenvalue weighted by atomic mass is 9.96. The van der Waals surface area contributed by atoms with Crippen LogP contribution in [0.3, 0.4) is 0 Å². The van der Waals surface area contributed by atoms with E-state index in [9.17, 15) is 20.0 Å². The molecule has 0 aliphatic carbocycles. The summed E-state index contributed by atoms with van der Waals surface area (Å²) in [5.41, 5.74) is 1.66. The number of rotatable bonds is 4. The van der Waals surface area contributed by atoms with E-state index in [0.717, 1.165) is 17.5 Å². The number of nitrogens with one attached hydrogen (secondary N) is 1. The van der Waals surface area contributed by atoms with Crippen LogP contribution in [-0.4, -0.2) is 39.0 Å². The van der Waals surface area contributed by atoms with Crippen molar-refractivity contribution in [3.8, 4) is 5.75 Å². The monoisotopic (exact) mass is 371 g/mol. The van der Waals surface area contributed by atoms with Crippen LogP contribution in [0.1, 0.15) is 24.2 Å². The molecular weight excluding hydrogens is 350 g/mol. The van der Waals surface area contributed by atoms with E-state index in [1.165, 1.54) is 12.1 Å². The molecule has 0 radical (unpaired) electrons. The number of piperidine rings is 1. The number of aromatic nitrogens is 2.